The summed E-state index contributed by atoms with van der Waals surface area (Å²) in [6.07, 6.45) is 0.560. The molecule has 3 N–H and O–H groups in total. The summed E-state index contributed by atoms with van der Waals surface area (Å²) in [6.45, 7) is 3.87. The van der Waals surface area contributed by atoms with Crippen LogP contribution in [0.2, 0.25) is 10.0 Å². The molecule has 0 radical (unpaired) electrons. The van der Waals surface area contributed by atoms with Gasteiger partial charge in [0.2, 0.25) is 5.91 Å². The molecule has 0 bridgehead atoms. The molecule has 0 aliphatic rings. The molecule has 2 aromatic carbocycles. The lowest BCUT2D eigenvalue weighted by Gasteiger charge is -2.10. The molecule has 2 rings (SSSR count). The van der Waals surface area contributed by atoms with Crippen LogP contribution in [0.4, 0.5) is 0 Å². The van der Waals surface area contributed by atoms with E-state index in [1.807, 2.05) is 19.9 Å². The zero-order valence-corrected chi connectivity index (χ0v) is 18.2. The normalized spacial score (nSPS) is 10.3. The second-order valence-corrected chi connectivity index (χ2v) is 7.45. The molecule has 160 valence electrons. The van der Waals surface area contributed by atoms with E-state index in [1.165, 1.54) is 0 Å². The smallest absolute Gasteiger partial charge is 0.257 e. The Morgan fingerprint density at radius 2 is 1.67 bits per heavy atom. The van der Waals surface area contributed by atoms with Gasteiger partial charge < -0.3 is 10.1 Å². The molecule has 0 aliphatic carbocycles. The van der Waals surface area contributed by atoms with E-state index < -0.39 is 5.91 Å². The van der Waals surface area contributed by atoms with E-state index in [9.17, 15) is 14.4 Å². The van der Waals surface area contributed by atoms with Crippen LogP contribution in [0, 0.1) is 13.8 Å². The molecule has 0 unspecified atom stereocenters. The first-order valence-corrected chi connectivity index (χ1v) is 10.0. The third kappa shape index (κ3) is 7.57. The number of hydrogen-bond donors (Lipinski definition) is 3. The number of benzene rings is 2. The predicted molar refractivity (Wildman–Crippen MR) is 116 cm³/mol. The van der Waals surface area contributed by atoms with Crippen LogP contribution in [-0.2, 0) is 9.59 Å². The van der Waals surface area contributed by atoms with Crippen molar-refractivity contribution in [3.63, 3.8) is 0 Å². The Kier molecular flexibility index (Phi) is 8.95. The second kappa shape index (κ2) is 11.4. The number of ether oxygens (including phenoxy) is 1. The van der Waals surface area contributed by atoms with Crippen LogP contribution < -0.4 is 20.9 Å². The molecule has 0 heterocycles. The van der Waals surface area contributed by atoms with Gasteiger partial charge in [0.15, 0.2) is 0 Å². The fraction of sp³-hybridized carbons (Fsp3) is 0.286. The number of carbonyl (C=O) groups is 3. The summed E-state index contributed by atoms with van der Waals surface area (Å²) in [6, 6.07) is 10.2. The van der Waals surface area contributed by atoms with Crippen molar-refractivity contribution in [2.75, 3.05) is 13.2 Å². The monoisotopic (exact) mass is 451 g/mol. The van der Waals surface area contributed by atoms with E-state index in [0.29, 0.717) is 27.8 Å². The van der Waals surface area contributed by atoms with Crippen LogP contribution in [0.15, 0.2) is 36.4 Å². The number of nitrogens with one attached hydrogen (secondary N) is 3. The maximum Gasteiger partial charge on any atom is 0.257 e. The lowest BCUT2D eigenvalue weighted by Crippen LogP contribution is -2.46. The minimum absolute atomic E-state index is 0.139. The van der Waals surface area contributed by atoms with Gasteiger partial charge in [-0.1, -0.05) is 29.3 Å². The van der Waals surface area contributed by atoms with Crippen LogP contribution in [-0.4, -0.2) is 30.9 Å². The minimum atomic E-state index is -0.537. The molecule has 2 aromatic rings. The summed E-state index contributed by atoms with van der Waals surface area (Å²) in [5, 5.41) is 3.40. The van der Waals surface area contributed by atoms with Crippen molar-refractivity contribution in [2.45, 2.75) is 26.7 Å². The molecule has 0 atom stereocenters. The summed E-state index contributed by atoms with van der Waals surface area (Å²) in [5.41, 5.74) is 7.08. The van der Waals surface area contributed by atoms with Gasteiger partial charge >= 0.3 is 0 Å². The van der Waals surface area contributed by atoms with E-state index in [2.05, 4.69) is 16.2 Å². The first kappa shape index (κ1) is 23.5. The summed E-state index contributed by atoms with van der Waals surface area (Å²) in [7, 11) is 0. The van der Waals surface area contributed by atoms with Crippen LogP contribution >= 0.6 is 23.2 Å². The Balaban J connectivity index is 1.62. The largest absolute Gasteiger partial charge is 0.492 e. The maximum absolute atomic E-state index is 12.1. The number of hydrogen-bond acceptors (Lipinski definition) is 4. The van der Waals surface area contributed by atoms with Crippen LogP contribution in [0.5, 0.6) is 5.75 Å². The molecule has 9 heteroatoms. The number of carbonyl (C=O) groups excluding carboxylic acids is 3. The Morgan fingerprint density at radius 1 is 0.933 bits per heavy atom. The fourth-order valence-electron chi connectivity index (χ4n) is 2.40. The number of hydrazine groups is 1. The van der Waals surface area contributed by atoms with Crippen molar-refractivity contribution in [1.29, 1.82) is 0 Å². The standard InChI is InChI=1S/C21H23Cl2N3O4/c1-13-5-6-15(10-14(13)2)21(29)24-12-20(28)26-25-19(27)4-3-9-30-18-8-7-16(22)11-17(18)23/h5-8,10-11H,3-4,9,12H2,1-2H3,(H,24,29)(H,25,27)(H,26,28). The number of rotatable bonds is 8. The predicted octanol–water partition coefficient (Wildman–Crippen LogP) is 3.35. The molecule has 7 nitrogen and oxygen atoms in total. The highest BCUT2D eigenvalue weighted by molar-refractivity contribution is 6.35. The van der Waals surface area contributed by atoms with E-state index >= 15 is 0 Å². The van der Waals surface area contributed by atoms with Crippen molar-refractivity contribution in [3.05, 3.63) is 63.1 Å². The first-order valence-electron chi connectivity index (χ1n) is 9.27. The zero-order valence-electron chi connectivity index (χ0n) is 16.7. The third-order valence-electron chi connectivity index (χ3n) is 4.22. The van der Waals surface area contributed by atoms with Crippen LogP contribution in [0.1, 0.15) is 34.3 Å². The highest BCUT2D eigenvalue weighted by atomic mass is 35.5. The van der Waals surface area contributed by atoms with Gasteiger partial charge in [0.25, 0.3) is 11.8 Å². The third-order valence-corrected chi connectivity index (χ3v) is 4.75. The first-order chi connectivity index (χ1) is 14.3. The Morgan fingerprint density at radius 3 is 2.37 bits per heavy atom. The van der Waals surface area contributed by atoms with E-state index in [1.54, 1.807) is 30.3 Å². The van der Waals surface area contributed by atoms with Crippen molar-refractivity contribution in [3.8, 4) is 5.75 Å². The summed E-state index contributed by atoms with van der Waals surface area (Å²) >= 11 is 11.8. The molecular formula is C21H23Cl2N3O4. The lowest BCUT2D eigenvalue weighted by molar-refractivity contribution is -0.128. The Bertz CT molecular complexity index is 934. The van der Waals surface area contributed by atoms with Gasteiger partial charge in [0.1, 0.15) is 5.75 Å². The van der Waals surface area contributed by atoms with Gasteiger partial charge in [-0.3, -0.25) is 25.2 Å². The highest BCUT2D eigenvalue weighted by Gasteiger charge is 2.10. The molecule has 0 fully saturated rings. The van der Waals surface area contributed by atoms with Crippen LogP contribution in [0.3, 0.4) is 0 Å². The number of amides is 3. The molecule has 0 saturated carbocycles. The molecule has 0 aliphatic heterocycles. The number of halogens is 2. The topological polar surface area (TPSA) is 96.5 Å². The zero-order chi connectivity index (χ0) is 22.1. The fourth-order valence-corrected chi connectivity index (χ4v) is 2.86. The van der Waals surface area contributed by atoms with E-state index in [4.69, 9.17) is 27.9 Å². The van der Waals surface area contributed by atoms with Gasteiger partial charge in [0, 0.05) is 17.0 Å². The summed E-state index contributed by atoms with van der Waals surface area (Å²) < 4.78 is 5.49. The average Bonchev–Trinajstić information content (AvgIpc) is 2.71. The Labute approximate surface area is 185 Å². The molecule has 30 heavy (non-hydrogen) atoms. The quantitative estimate of drug-likeness (QED) is 0.423. The van der Waals surface area contributed by atoms with Crippen molar-refractivity contribution in [2.24, 2.45) is 0 Å². The average molecular weight is 452 g/mol. The maximum atomic E-state index is 12.1. The Hall–Kier alpha value is -2.77. The molecular weight excluding hydrogens is 429 g/mol. The molecule has 0 saturated heterocycles. The second-order valence-electron chi connectivity index (χ2n) is 6.60. The SMILES string of the molecule is Cc1ccc(C(=O)NCC(=O)NNC(=O)CCCOc2ccc(Cl)cc2Cl)cc1C. The van der Waals surface area contributed by atoms with Crippen LogP contribution in [0.25, 0.3) is 0 Å². The molecule has 0 aromatic heterocycles. The summed E-state index contributed by atoms with van der Waals surface area (Å²) in [4.78, 5) is 35.7. The number of aryl methyl sites for hydroxylation is 2. The summed E-state index contributed by atoms with van der Waals surface area (Å²) in [5.74, 6) is -0.800. The highest BCUT2D eigenvalue weighted by Crippen LogP contribution is 2.27. The van der Waals surface area contributed by atoms with Crippen molar-refractivity contribution in [1.82, 2.24) is 16.2 Å². The lowest BCUT2D eigenvalue weighted by atomic mass is 10.1. The van der Waals surface area contributed by atoms with Gasteiger partial charge in [0.05, 0.1) is 18.2 Å². The van der Waals surface area contributed by atoms with Gasteiger partial charge in [-0.2, -0.15) is 0 Å². The molecule has 0 spiro atoms. The van der Waals surface area contributed by atoms with Gasteiger partial charge in [-0.25, -0.2) is 0 Å². The van der Waals surface area contributed by atoms with Gasteiger partial charge in [-0.05, 0) is 61.7 Å². The minimum Gasteiger partial charge on any atom is -0.492 e. The van der Waals surface area contributed by atoms with E-state index in [-0.39, 0.29) is 31.4 Å². The molecule has 3 amide bonds. The van der Waals surface area contributed by atoms with Crippen molar-refractivity contribution < 1.29 is 19.1 Å². The van der Waals surface area contributed by atoms with Gasteiger partial charge in [-0.15, -0.1) is 0 Å². The van der Waals surface area contributed by atoms with Crippen molar-refractivity contribution >= 4 is 40.9 Å². The van der Waals surface area contributed by atoms with E-state index in [0.717, 1.165) is 11.1 Å².